The van der Waals surface area contributed by atoms with Crippen molar-refractivity contribution < 1.29 is 19.7 Å². The van der Waals surface area contributed by atoms with Gasteiger partial charge in [0.2, 0.25) is 0 Å². The minimum absolute atomic E-state index is 0.168. The second-order valence-electron chi connectivity index (χ2n) is 11.9. The molecule has 3 rings (SSSR count). The minimum atomic E-state index is -0.663. The number of ether oxygens (including phenoxy) is 1. The number of carbonyl (C=O) groups excluding carboxylic acids is 1. The molecule has 5 heteroatoms. The molecule has 3 saturated carbocycles. The number of halogens is 1. The Labute approximate surface area is 215 Å². The van der Waals surface area contributed by atoms with Crippen molar-refractivity contribution in [3.05, 3.63) is 35.5 Å². The van der Waals surface area contributed by atoms with E-state index >= 15 is 0 Å². The van der Waals surface area contributed by atoms with Crippen LogP contribution < -0.4 is 0 Å². The van der Waals surface area contributed by atoms with E-state index in [0.717, 1.165) is 36.3 Å². The lowest BCUT2D eigenvalue weighted by Gasteiger charge is -2.44. The van der Waals surface area contributed by atoms with E-state index in [1.165, 1.54) is 37.7 Å². The molecule has 0 bridgehead atoms. The van der Waals surface area contributed by atoms with Crippen LogP contribution in [0.2, 0.25) is 0 Å². The van der Waals surface area contributed by atoms with Crippen molar-refractivity contribution in [1.29, 1.82) is 0 Å². The van der Waals surface area contributed by atoms with Crippen LogP contribution in [0.4, 0.5) is 0 Å². The lowest BCUT2D eigenvalue weighted by Crippen LogP contribution is -2.36. The van der Waals surface area contributed by atoms with Crippen LogP contribution in [0.25, 0.3) is 0 Å². The lowest BCUT2D eigenvalue weighted by molar-refractivity contribution is -0.147. The Bertz CT molecular complexity index is 807. The number of fused-ring (bicyclic) bond motifs is 1. The number of alkyl halides is 1. The van der Waals surface area contributed by atoms with Gasteiger partial charge in [-0.25, -0.2) is 0 Å². The molecule has 3 aliphatic rings. The van der Waals surface area contributed by atoms with Crippen molar-refractivity contribution in [3.8, 4) is 0 Å². The Hall–Kier alpha value is -0.910. The largest absolute Gasteiger partial charge is 0.461 e. The van der Waals surface area contributed by atoms with Crippen LogP contribution >= 0.6 is 15.9 Å². The van der Waals surface area contributed by atoms with Gasteiger partial charge in [0.15, 0.2) is 0 Å². The summed E-state index contributed by atoms with van der Waals surface area (Å²) in [7, 11) is 0. The first-order valence-corrected chi connectivity index (χ1v) is 14.3. The molecule has 2 unspecified atom stereocenters. The van der Waals surface area contributed by atoms with E-state index in [9.17, 15) is 15.0 Å². The summed E-state index contributed by atoms with van der Waals surface area (Å²) in [6.07, 6.45) is 13.8. The fraction of sp³-hybridized carbons (Fsp3) is 0.759. The Balaban J connectivity index is 1.71. The van der Waals surface area contributed by atoms with Gasteiger partial charge in [0, 0.05) is 12.8 Å². The van der Waals surface area contributed by atoms with Gasteiger partial charge in [-0.3, -0.25) is 4.79 Å². The molecular formula is C29H45BrO4. The Morgan fingerprint density at radius 1 is 1.35 bits per heavy atom. The summed E-state index contributed by atoms with van der Waals surface area (Å²) in [4.78, 5) is 11.7. The molecule has 34 heavy (non-hydrogen) atoms. The van der Waals surface area contributed by atoms with Crippen molar-refractivity contribution in [3.63, 3.8) is 0 Å². The highest BCUT2D eigenvalue weighted by Crippen LogP contribution is 2.60. The van der Waals surface area contributed by atoms with Crippen molar-refractivity contribution in [2.24, 2.45) is 23.2 Å². The Morgan fingerprint density at radius 3 is 2.76 bits per heavy atom. The van der Waals surface area contributed by atoms with Crippen LogP contribution in [0, 0.1) is 23.2 Å². The average Bonchev–Trinajstić information content (AvgIpc) is 3.11. The molecule has 4 nitrogen and oxygen atoms in total. The number of aliphatic hydroxyl groups excluding tert-OH is 1. The molecule has 0 aromatic heterocycles. The van der Waals surface area contributed by atoms with Gasteiger partial charge in [0.05, 0.1) is 11.7 Å². The van der Waals surface area contributed by atoms with E-state index < -0.39 is 11.7 Å². The molecule has 3 aliphatic carbocycles. The molecule has 0 aromatic rings. The summed E-state index contributed by atoms with van der Waals surface area (Å²) < 4.78 is 5.50. The summed E-state index contributed by atoms with van der Waals surface area (Å²) in [6.45, 7) is 12.9. The van der Waals surface area contributed by atoms with Gasteiger partial charge in [-0.1, -0.05) is 66.9 Å². The molecule has 0 spiro atoms. The van der Waals surface area contributed by atoms with Gasteiger partial charge in [-0.15, -0.1) is 0 Å². The third kappa shape index (κ3) is 6.64. The first kappa shape index (κ1) is 27.7. The quantitative estimate of drug-likeness (QED) is 0.269. The summed E-state index contributed by atoms with van der Waals surface area (Å²) in [5.41, 5.74) is 3.06. The molecule has 192 valence electrons. The maximum absolute atomic E-state index is 11.7. The smallest absolute Gasteiger partial charge is 0.316 e. The Morgan fingerprint density at radius 2 is 2.09 bits per heavy atom. The van der Waals surface area contributed by atoms with Gasteiger partial charge >= 0.3 is 5.97 Å². The number of hydrogen-bond donors (Lipinski definition) is 2. The van der Waals surface area contributed by atoms with E-state index in [-0.39, 0.29) is 17.4 Å². The molecule has 0 heterocycles. The number of carbonyl (C=O) groups is 1. The number of hydrogen-bond acceptors (Lipinski definition) is 4. The van der Waals surface area contributed by atoms with Crippen LogP contribution in [0.15, 0.2) is 35.5 Å². The number of rotatable bonds is 8. The molecule has 2 N–H and O–H groups in total. The van der Waals surface area contributed by atoms with Gasteiger partial charge in [-0.2, -0.15) is 0 Å². The van der Waals surface area contributed by atoms with Crippen LogP contribution in [0.3, 0.4) is 0 Å². The Kier molecular flexibility index (Phi) is 9.30. The highest BCUT2D eigenvalue weighted by molar-refractivity contribution is 9.09. The topological polar surface area (TPSA) is 66.8 Å². The molecule has 0 radical (unpaired) electrons. The molecule has 0 aliphatic heterocycles. The molecular weight excluding hydrogens is 492 g/mol. The van der Waals surface area contributed by atoms with Crippen molar-refractivity contribution in [2.45, 2.75) is 110 Å². The first-order valence-electron chi connectivity index (χ1n) is 13.2. The zero-order valence-electron chi connectivity index (χ0n) is 21.6. The first-order chi connectivity index (χ1) is 15.9. The second-order valence-corrected chi connectivity index (χ2v) is 12.5. The number of aliphatic hydroxyl groups is 2. The third-order valence-electron chi connectivity index (χ3n) is 8.83. The monoisotopic (exact) mass is 536 g/mol. The summed E-state index contributed by atoms with van der Waals surface area (Å²) in [6, 6.07) is 0. The number of allylic oxidation sites excluding steroid dienone is 3. The van der Waals surface area contributed by atoms with Crippen LogP contribution in [0.1, 0.15) is 91.9 Å². The SMILES string of the molecule is C=C1/C(=C\C=C2/CCC[C@@]3(C)C2CC[C@@H]3C(C)CCCC(C)(C)O)C[C@@H](OC(=O)CBr)C[C@@H]1O. The number of esters is 1. The van der Waals surface area contributed by atoms with Crippen molar-refractivity contribution in [1.82, 2.24) is 0 Å². The molecule has 0 amide bonds. The van der Waals surface area contributed by atoms with Crippen molar-refractivity contribution >= 4 is 21.9 Å². The normalized spacial score (nSPS) is 35.4. The maximum Gasteiger partial charge on any atom is 0.316 e. The van der Waals surface area contributed by atoms with Gasteiger partial charge in [0.1, 0.15) is 11.4 Å². The standard InChI is InChI=1S/C29H45BrO4/c1-19(8-6-14-28(3,4)33)24-12-13-25-21(9-7-15-29(24,25)5)10-11-22-16-23(34-27(32)18-30)17-26(31)20(22)2/h10-11,19,23-26,31,33H,2,6-9,12-18H2,1,3-5H3/b21-10+,22-11-/t19?,23-,24-,25?,26+,29-/m1/s1. The third-order valence-corrected chi connectivity index (χ3v) is 9.28. The van der Waals surface area contributed by atoms with E-state index in [0.29, 0.717) is 30.1 Å². The fourth-order valence-electron chi connectivity index (χ4n) is 7.03. The van der Waals surface area contributed by atoms with Gasteiger partial charge in [0.25, 0.3) is 0 Å². The molecule has 0 saturated heterocycles. The predicted octanol–water partition coefficient (Wildman–Crippen LogP) is 6.65. The molecule has 0 aromatic carbocycles. The minimum Gasteiger partial charge on any atom is -0.461 e. The van der Waals surface area contributed by atoms with Gasteiger partial charge in [-0.05, 0) is 86.7 Å². The molecule has 6 atom stereocenters. The molecule has 3 fully saturated rings. The summed E-state index contributed by atoms with van der Waals surface area (Å²) in [5, 5.41) is 20.7. The van der Waals surface area contributed by atoms with Crippen molar-refractivity contribution in [2.75, 3.05) is 5.33 Å². The zero-order valence-corrected chi connectivity index (χ0v) is 23.2. The van der Waals surface area contributed by atoms with Crippen LogP contribution in [-0.2, 0) is 9.53 Å². The average molecular weight is 538 g/mol. The van der Waals surface area contributed by atoms with Crippen LogP contribution in [0.5, 0.6) is 0 Å². The second kappa shape index (κ2) is 11.4. The highest BCUT2D eigenvalue weighted by atomic mass is 79.9. The zero-order chi connectivity index (χ0) is 25.1. The lowest BCUT2D eigenvalue weighted by atomic mass is 9.60. The fourth-order valence-corrected chi connectivity index (χ4v) is 7.16. The van der Waals surface area contributed by atoms with Gasteiger partial charge < -0.3 is 14.9 Å². The van der Waals surface area contributed by atoms with E-state index in [1.807, 2.05) is 13.8 Å². The summed E-state index contributed by atoms with van der Waals surface area (Å²) in [5.74, 6) is 1.73. The summed E-state index contributed by atoms with van der Waals surface area (Å²) >= 11 is 3.14. The highest BCUT2D eigenvalue weighted by Gasteiger charge is 2.50. The van der Waals surface area contributed by atoms with E-state index in [1.54, 1.807) is 0 Å². The van der Waals surface area contributed by atoms with E-state index in [4.69, 9.17) is 4.74 Å². The predicted molar refractivity (Wildman–Crippen MR) is 142 cm³/mol. The maximum atomic E-state index is 11.7. The van der Waals surface area contributed by atoms with E-state index in [2.05, 4.69) is 48.5 Å². The van der Waals surface area contributed by atoms with Crippen LogP contribution in [-0.4, -0.2) is 39.3 Å².